The molecular weight excluding hydrogens is 602 g/mol. The van der Waals surface area contributed by atoms with Crippen LogP contribution in [0.2, 0.25) is 0 Å². The number of aliphatic hydroxyl groups is 3. The third-order valence-electron chi connectivity index (χ3n) is 12.4. The molecule has 1 aliphatic heterocycles. The molecule has 8 heteroatoms. The van der Waals surface area contributed by atoms with Crippen LogP contribution in [0.4, 0.5) is 0 Å². The van der Waals surface area contributed by atoms with E-state index in [0.717, 1.165) is 70.9 Å². The Morgan fingerprint density at radius 2 is 1.69 bits per heavy atom. The Labute approximate surface area is 293 Å². The number of hydrogen-bond donors (Lipinski definition) is 6. The fourth-order valence-electron chi connectivity index (χ4n) is 9.33. The highest BCUT2D eigenvalue weighted by Gasteiger charge is 2.46. The second-order valence-electron chi connectivity index (χ2n) is 16.7. The Kier molecular flexibility index (Phi) is 19.0. The van der Waals surface area contributed by atoms with E-state index in [1.165, 1.54) is 51.4 Å². The van der Waals surface area contributed by atoms with E-state index in [4.69, 9.17) is 5.73 Å². The van der Waals surface area contributed by atoms with Crippen molar-refractivity contribution in [3.8, 4) is 0 Å². The summed E-state index contributed by atoms with van der Waals surface area (Å²) in [7, 11) is 0. The van der Waals surface area contributed by atoms with E-state index in [1.54, 1.807) is 0 Å². The minimum absolute atomic E-state index is 0.174. The summed E-state index contributed by atoms with van der Waals surface area (Å²) < 4.78 is 0. The summed E-state index contributed by atoms with van der Waals surface area (Å²) in [5.41, 5.74) is 5.42. The van der Waals surface area contributed by atoms with Gasteiger partial charge in [-0.1, -0.05) is 77.4 Å². The monoisotopic (exact) mass is 679 g/mol. The first-order valence-electron chi connectivity index (χ1n) is 20.4. The van der Waals surface area contributed by atoms with E-state index >= 15 is 0 Å². The van der Waals surface area contributed by atoms with Crippen LogP contribution < -0.4 is 21.5 Å². The van der Waals surface area contributed by atoms with Crippen LogP contribution in [0.3, 0.4) is 0 Å². The highest BCUT2D eigenvalue weighted by Crippen LogP contribution is 2.45. The predicted octanol–water partition coefficient (Wildman–Crippen LogP) is 3.52. The molecule has 0 amide bonds. The third-order valence-corrected chi connectivity index (χ3v) is 12.4. The molecule has 0 radical (unpaired) electrons. The lowest BCUT2D eigenvalue weighted by molar-refractivity contribution is -0.699. The number of carbonyl (C=O) groups is 1. The van der Waals surface area contributed by atoms with E-state index in [2.05, 4.69) is 43.6 Å². The molecule has 280 valence electrons. The van der Waals surface area contributed by atoms with E-state index in [-0.39, 0.29) is 24.6 Å². The van der Waals surface area contributed by atoms with Gasteiger partial charge < -0.3 is 35.9 Å². The number of carboxylic acids is 1. The van der Waals surface area contributed by atoms with E-state index in [0.29, 0.717) is 49.0 Å². The second-order valence-corrected chi connectivity index (χ2v) is 16.7. The van der Waals surface area contributed by atoms with Gasteiger partial charge >= 0.3 is 0 Å². The maximum atomic E-state index is 12.1. The number of aliphatic hydroxyl groups excluding tert-OH is 2. The van der Waals surface area contributed by atoms with Crippen LogP contribution in [0, 0.1) is 35.5 Å². The Balaban J connectivity index is 1.45. The standard InChI is InChI=1S/C40H75N3O5/c1-4-6-9-13-29(3)43-28-34-27-40(48,26-33(34)23-31-20-22-42-38(41)25-31)21-19-36(44)35(39(46)47)16-12-8-11-15-32-18-17-30(24-37(32)45)14-10-7-5-2/h17-18,29-38,42-45,48H,4-16,19-28,41H2,1-3H3,(H,46,47)/p+1/t29-,30-,31?,32+,33+,34-,35+,36-,37+,38?,40+/m0/s1. The molecule has 3 aliphatic rings. The van der Waals surface area contributed by atoms with E-state index in [9.17, 15) is 25.2 Å². The molecule has 0 bridgehead atoms. The first kappa shape index (κ1) is 41.4. The van der Waals surface area contributed by atoms with Gasteiger partial charge in [0.2, 0.25) is 0 Å². The molecule has 0 spiro atoms. The molecule has 2 fully saturated rings. The third kappa shape index (κ3) is 14.7. The van der Waals surface area contributed by atoms with Crippen molar-refractivity contribution in [2.24, 2.45) is 41.2 Å². The topological polar surface area (TPSA) is 160 Å². The van der Waals surface area contributed by atoms with Crippen LogP contribution in [0.15, 0.2) is 12.2 Å². The molecule has 2 aliphatic carbocycles. The fourth-order valence-corrected chi connectivity index (χ4v) is 9.33. The average molecular weight is 679 g/mol. The fraction of sp³-hybridized carbons (Fsp3) is 0.925. The molecule has 48 heavy (non-hydrogen) atoms. The van der Waals surface area contributed by atoms with Crippen molar-refractivity contribution >= 4 is 5.97 Å². The number of rotatable bonds is 24. The summed E-state index contributed by atoms with van der Waals surface area (Å²) in [6.07, 6.45) is 23.4. The largest absolute Gasteiger partial charge is 0.550 e. The number of piperidine rings is 1. The van der Waals surface area contributed by atoms with Gasteiger partial charge in [-0.15, -0.1) is 0 Å². The number of hydrogen-bond acceptors (Lipinski definition) is 6. The number of aliphatic carboxylic acids is 1. The molecule has 9 N–H and O–H groups in total. The molecule has 11 atom stereocenters. The van der Waals surface area contributed by atoms with Crippen molar-refractivity contribution in [1.29, 1.82) is 0 Å². The zero-order valence-corrected chi connectivity index (χ0v) is 31.1. The molecule has 0 aromatic rings. The van der Waals surface area contributed by atoms with Gasteiger partial charge in [-0.2, -0.15) is 0 Å². The SMILES string of the molecule is CCCCC[C@H]1C=C[C@@H](CCCCC[C@@H](C(=O)[O-])[C@@H](O)CC[C@]2(O)C[C@@H](C[NH2+][C@@H](C)CCCCC)[C@H](CC3CC[NH2+]C(N)C3)C2)[C@H](O)C1. The first-order valence-corrected chi connectivity index (χ1v) is 20.4. The van der Waals surface area contributed by atoms with Crippen LogP contribution in [0.1, 0.15) is 156 Å². The quantitative estimate of drug-likeness (QED) is 0.0677. The van der Waals surface area contributed by atoms with E-state index < -0.39 is 23.6 Å². The van der Waals surface area contributed by atoms with Crippen LogP contribution in [-0.4, -0.2) is 64.4 Å². The summed E-state index contributed by atoms with van der Waals surface area (Å²) >= 11 is 0. The van der Waals surface area contributed by atoms with Crippen molar-refractivity contribution in [3.63, 3.8) is 0 Å². The molecule has 8 nitrogen and oxygen atoms in total. The number of allylic oxidation sites excluding steroid dienone is 1. The summed E-state index contributed by atoms with van der Waals surface area (Å²) in [5.74, 6) is 0.0253. The number of quaternary nitrogens is 2. The van der Waals surface area contributed by atoms with Crippen molar-refractivity contribution < 1.29 is 35.9 Å². The Morgan fingerprint density at radius 3 is 2.40 bits per heavy atom. The maximum absolute atomic E-state index is 12.1. The zero-order chi connectivity index (χ0) is 34.9. The van der Waals surface area contributed by atoms with Gasteiger partial charge in [-0.25, -0.2) is 0 Å². The van der Waals surface area contributed by atoms with Crippen molar-refractivity contribution in [2.45, 2.75) is 186 Å². The van der Waals surface area contributed by atoms with Gasteiger partial charge in [0.15, 0.2) is 0 Å². The minimum Gasteiger partial charge on any atom is -0.550 e. The lowest BCUT2D eigenvalue weighted by Gasteiger charge is -2.30. The lowest BCUT2D eigenvalue weighted by Crippen LogP contribution is -2.94. The first-order chi connectivity index (χ1) is 23.0. The molecule has 3 rings (SSSR count). The summed E-state index contributed by atoms with van der Waals surface area (Å²) in [4.78, 5) is 12.1. The lowest BCUT2D eigenvalue weighted by atomic mass is 9.81. The van der Waals surface area contributed by atoms with E-state index in [1.807, 2.05) is 0 Å². The van der Waals surface area contributed by atoms with Gasteiger partial charge in [-0.3, -0.25) is 5.73 Å². The minimum atomic E-state index is -1.19. The smallest absolute Gasteiger partial charge is 0.137 e. The van der Waals surface area contributed by atoms with Gasteiger partial charge in [0.25, 0.3) is 0 Å². The van der Waals surface area contributed by atoms with Gasteiger partial charge in [0.05, 0.1) is 36.9 Å². The van der Waals surface area contributed by atoms with Crippen LogP contribution in [-0.2, 0) is 4.79 Å². The number of carbonyl (C=O) groups excluding carboxylic acids is 1. The molecule has 2 unspecified atom stereocenters. The Bertz CT molecular complexity index is 919. The van der Waals surface area contributed by atoms with Crippen molar-refractivity contribution in [2.75, 3.05) is 13.1 Å². The summed E-state index contributed by atoms with van der Waals surface area (Å²) in [5, 5.41) is 50.4. The van der Waals surface area contributed by atoms with Crippen LogP contribution in [0.5, 0.6) is 0 Å². The molecule has 1 saturated heterocycles. The number of carboxylic acid groups (broad SMARTS) is 1. The van der Waals surface area contributed by atoms with Gasteiger partial charge in [0, 0.05) is 30.1 Å². The zero-order valence-electron chi connectivity index (χ0n) is 31.1. The summed E-state index contributed by atoms with van der Waals surface area (Å²) in [6.45, 7) is 8.87. The normalized spacial score (nSPS) is 32.7. The number of nitrogens with two attached hydrogens (primary N) is 3. The highest BCUT2D eigenvalue weighted by molar-refractivity contribution is 5.68. The van der Waals surface area contributed by atoms with Gasteiger partial charge in [-0.05, 0) is 102 Å². The maximum Gasteiger partial charge on any atom is 0.137 e. The average Bonchev–Trinajstić information content (AvgIpc) is 3.36. The predicted molar refractivity (Wildman–Crippen MR) is 191 cm³/mol. The Hall–Kier alpha value is -1.03. The van der Waals surface area contributed by atoms with Crippen molar-refractivity contribution in [1.82, 2.24) is 0 Å². The molecule has 0 aromatic carbocycles. The van der Waals surface area contributed by atoms with Crippen molar-refractivity contribution in [3.05, 3.63) is 12.2 Å². The summed E-state index contributed by atoms with van der Waals surface area (Å²) in [6, 6.07) is 0.575. The molecule has 1 saturated carbocycles. The molecular formula is C40H76N3O5+. The van der Waals surface area contributed by atoms with Crippen LogP contribution >= 0.6 is 0 Å². The molecule has 1 heterocycles. The highest BCUT2D eigenvalue weighted by atomic mass is 16.4. The second kappa shape index (κ2) is 22.0. The number of unbranched alkanes of at least 4 members (excludes halogenated alkanes) is 6. The molecule has 0 aromatic heterocycles. The Morgan fingerprint density at radius 1 is 0.979 bits per heavy atom. The van der Waals surface area contributed by atoms with Gasteiger partial charge in [0.1, 0.15) is 6.17 Å². The van der Waals surface area contributed by atoms with Crippen LogP contribution in [0.25, 0.3) is 0 Å².